The van der Waals surface area contributed by atoms with Crippen molar-refractivity contribution in [2.24, 2.45) is 0 Å². The molecule has 1 rings (SSSR count). The van der Waals surface area contributed by atoms with Gasteiger partial charge in [0.1, 0.15) is 6.61 Å². The molecular formula is C12H13Cl2NO4. The molecule has 1 N–H and O–H groups in total. The van der Waals surface area contributed by atoms with Crippen LogP contribution in [0.4, 0.5) is 5.69 Å². The summed E-state index contributed by atoms with van der Waals surface area (Å²) in [5.74, 6) is -0.985. The number of esters is 1. The van der Waals surface area contributed by atoms with Gasteiger partial charge in [0, 0.05) is 12.8 Å². The van der Waals surface area contributed by atoms with Crippen molar-refractivity contribution in [2.75, 3.05) is 25.6 Å². The molecule has 7 heteroatoms. The maximum atomic E-state index is 11.6. The number of hydrogen-bond donors (Lipinski definition) is 1. The number of rotatable bonds is 6. The molecule has 0 heterocycles. The predicted octanol–water partition coefficient (Wildman–Crippen LogP) is 2.23. The predicted molar refractivity (Wildman–Crippen MR) is 72.7 cm³/mol. The third-order valence-electron chi connectivity index (χ3n) is 2.11. The number of hydrogen-bond acceptors (Lipinski definition) is 4. The monoisotopic (exact) mass is 305 g/mol. The topological polar surface area (TPSA) is 64.6 Å². The van der Waals surface area contributed by atoms with Crippen LogP contribution in [0, 0.1) is 0 Å². The Labute approximate surface area is 120 Å². The Balaban J connectivity index is 2.56. The van der Waals surface area contributed by atoms with Gasteiger partial charge in [-0.1, -0.05) is 23.2 Å². The van der Waals surface area contributed by atoms with Crippen molar-refractivity contribution in [3.8, 4) is 0 Å². The average Bonchev–Trinajstić information content (AvgIpc) is 2.39. The van der Waals surface area contributed by atoms with Gasteiger partial charge in [-0.15, -0.1) is 0 Å². The summed E-state index contributed by atoms with van der Waals surface area (Å²) in [4.78, 5) is 21.6. The number of methoxy groups -OCH3 is 1. The third kappa shape index (κ3) is 5.46. The van der Waals surface area contributed by atoms with E-state index in [0.29, 0.717) is 17.9 Å². The van der Waals surface area contributed by atoms with Crippen LogP contribution < -0.4 is 5.32 Å². The Bertz CT molecular complexity index is 434. The molecule has 0 bridgehead atoms. The van der Waals surface area contributed by atoms with E-state index in [-0.39, 0.29) is 6.61 Å². The zero-order valence-electron chi connectivity index (χ0n) is 10.2. The van der Waals surface area contributed by atoms with Crippen molar-refractivity contribution in [1.82, 2.24) is 0 Å². The molecule has 0 aliphatic rings. The van der Waals surface area contributed by atoms with E-state index in [0.717, 1.165) is 0 Å². The largest absolute Gasteiger partial charge is 0.460 e. The second-order valence-corrected chi connectivity index (χ2v) is 4.59. The summed E-state index contributed by atoms with van der Waals surface area (Å²) in [6.07, 6.45) is 0. The van der Waals surface area contributed by atoms with E-state index in [9.17, 15) is 9.59 Å². The summed E-state index contributed by atoms with van der Waals surface area (Å²) in [6, 6.07) is 6.17. The molecule has 1 amide bonds. The lowest BCUT2D eigenvalue weighted by Gasteiger charge is -2.07. The second-order valence-electron chi connectivity index (χ2n) is 3.50. The fraction of sp³-hybridized carbons (Fsp3) is 0.333. The zero-order valence-corrected chi connectivity index (χ0v) is 11.7. The first-order valence-corrected chi connectivity index (χ1v) is 6.27. The van der Waals surface area contributed by atoms with Crippen LogP contribution in [0.3, 0.4) is 0 Å². The Morgan fingerprint density at radius 3 is 2.37 bits per heavy atom. The number of carbonyl (C=O) groups excluding carboxylic acids is 2. The smallest absolute Gasteiger partial charge is 0.338 e. The van der Waals surface area contributed by atoms with Gasteiger partial charge in [-0.05, 0) is 24.3 Å². The van der Waals surface area contributed by atoms with Crippen molar-refractivity contribution in [3.63, 3.8) is 0 Å². The molecule has 0 fully saturated rings. The zero-order chi connectivity index (χ0) is 14.3. The molecule has 0 atom stereocenters. The van der Waals surface area contributed by atoms with Crippen molar-refractivity contribution in [3.05, 3.63) is 29.8 Å². The van der Waals surface area contributed by atoms with E-state index in [2.05, 4.69) is 5.32 Å². The first-order chi connectivity index (χ1) is 9.04. The molecule has 0 saturated heterocycles. The van der Waals surface area contributed by atoms with Gasteiger partial charge in [0.05, 0.1) is 12.2 Å². The highest BCUT2D eigenvalue weighted by Gasteiger charge is 2.12. The summed E-state index contributed by atoms with van der Waals surface area (Å²) < 4.78 is 9.70. The van der Waals surface area contributed by atoms with Crippen LogP contribution in [0.25, 0.3) is 0 Å². The maximum Gasteiger partial charge on any atom is 0.338 e. The normalized spacial score (nSPS) is 10.3. The fourth-order valence-corrected chi connectivity index (χ4v) is 1.30. The third-order valence-corrected chi connectivity index (χ3v) is 2.50. The van der Waals surface area contributed by atoms with Gasteiger partial charge < -0.3 is 14.8 Å². The Morgan fingerprint density at radius 2 is 1.84 bits per heavy atom. The van der Waals surface area contributed by atoms with Gasteiger partial charge >= 0.3 is 5.97 Å². The molecule has 0 aliphatic heterocycles. The Morgan fingerprint density at radius 1 is 1.21 bits per heavy atom. The van der Waals surface area contributed by atoms with Gasteiger partial charge in [-0.25, -0.2) is 4.79 Å². The summed E-state index contributed by atoms with van der Waals surface area (Å²) in [7, 11) is 1.52. The number of carbonyl (C=O) groups is 2. The number of amides is 1. The van der Waals surface area contributed by atoms with Gasteiger partial charge in [0.15, 0.2) is 4.84 Å². The fourth-order valence-electron chi connectivity index (χ4n) is 1.19. The molecule has 0 unspecified atom stereocenters. The number of ether oxygens (including phenoxy) is 2. The van der Waals surface area contributed by atoms with Crippen LogP contribution in [0.1, 0.15) is 10.4 Å². The van der Waals surface area contributed by atoms with E-state index in [1.54, 1.807) is 12.1 Å². The van der Waals surface area contributed by atoms with Gasteiger partial charge in [-0.2, -0.15) is 0 Å². The van der Waals surface area contributed by atoms with Gasteiger partial charge in [0.2, 0.25) is 0 Å². The first-order valence-electron chi connectivity index (χ1n) is 5.39. The standard InChI is InChI=1S/C12H13Cl2NO4/c1-18-6-7-19-12(17)8-2-4-9(5-3-8)15-11(16)10(13)14/h2-5,10H,6-7H2,1H3,(H,15,16). The highest BCUT2D eigenvalue weighted by molar-refractivity contribution is 6.54. The lowest BCUT2D eigenvalue weighted by atomic mass is 10.2. The minimum atomic E-state index is -1.14. The summed E-state index contributed by atoms with van der Waals surface area (Å²) in [5.41, 5.74) is 0.868. The average molecular weight is 306 g/mol. The highest BCUT2D eigenvalue weighted by Crippen LogP contribution is 2.12. The molecule has 1 aromatic carbocycles. The van der Waals surface area contributed by atoms with Crippen LogP contribution in [0.5, 0.6) is 0 Å². The summed E-state index contributed by atoms with van der Waals surface area (Å²) in [5, 5.41) is 2.48. The maximum absolute atomic E-state index is 11.6. The van der Waals surface area contributed by atoms with Crippen molar-refractivity contribution < 1.29 is 19.1 Å². The molecule has 0 aromatic heterocycles. The van der Waals surface area contributed by atoms with E-state index in [1.807, 2.05) is 0 Å². The van der Waals surface area contributed by atoms with Crippen molar-refractivity contribution >= 4 is 40.8 Å². The second kappa shape index (κ2) is 7.99. The minimum absolute atomic E-state index is 0.188. The molecule has 1 aromatic rings. The number of benzene rings is 1. The van der Waals surface area contributed by atoms with E-state index < -0.39 is 16.7 Å². The first kappa shape index (κ1) is 15.8. The van der Waals surface area contributed by atoms with Crippen molar-refractivity contribution in [1.29, 1.82) is 0 Å². The Kier molecular flexibility index (Phi) is 6.62. The number of alkyl halides is 2. The molecule has 0 aliphatic carbocycles. The number of anilines is 1. The molecule has 0 radical (unpaired) electrons. The van der Waals surface area contributed by atoms with Crippen LogP contribution in [0.2, 0.25) is 0 Å². The lowest BCUT2D eigenvalue weighted by molar-refractivity contribution is -0.114. The van der Waals surface area contributed by atoms with Crippen LogP contribution in [0.15, 0.2) is 24.3 Å². The van der Waals surface area contributed by atoms with Crippen LogP contribution in [-0.2, 0) is 14.3 Å². The minimum Gasteiger partial charge on any atom is -0.460 e. The highest BCUT2D eigenvalue weighted by atomic mass is 35.5. The molecule has 104 valence electrons. The van der Waals surface area contributed by atoms with Crippen LogP contribution >= 0.6 is 23.2 Å². The molecule has 19 heavy (non-hydrogen) atoms. The van der Waals surface area contributed by atoms with E-state index in [4.69, 9.17) is 32.7 Å². The lowest BCUT2D eigenvalue weighted by Crippen LogP contribution is -2.18. The Hall–Kier alpha value is -1.30. The van der Waals surface area contributed by atoms with Gasteiger partial charge in [-0.3, -0.25) is 4.79 Å². The summed E-state index contributed by atoms with van der Waals surface area (Å²) >= 11 is 10.8. The van der Waals surface area contributed by atoms with Gasteiger partial charge in [0.25, 0.3) is 5.91 Å². The van der Waals surface area contributed by atoms with E-state index in [1.165, 1.54) is 19.2 Å². The SMILES string of the molecule is COCCOC(=O)c1ccc(NC(=O)C(Cl)Cl)cc1. The molecular weight excluding hydrogens is 293 g/mol. The number of nitrogens with one attached hydrogen (secondary N) is 1. The summed E-state index contributed by atoms with van der Waals surface area (Å²) in [6.45, 7) is 0.528. The van der Waals surface area contributed by atoms with Crippen molar-refractivity contribution in [2.45, 2.75) is 4.84 Å². The quantitative estimate of drug-likeness (QED) is 0.497. The number of halogens is 2. The van der Waals surface area contributed by atoms with Crippen LogP contribution in [-0.4, -0.2) is 37.0 Å². The van der Waals surface area contributed by atoms with E-state index >= 15 is 0 Å². The molecule has 0 spiro atoms. The molecule has 5 nitrogen and oxygen atoms in total. The molecule has 0 saturated carbocycles.